The highest BCUT2D eigenvalue weighted by atomic mass is 16.2. The lowest BCUT2D eigenvalue weighted by atomic mass is 9.95. The van der Waals surface area contributed by atoms with E-state index in [1.165, 1.54) is 11.1 Å². The third-order valence-corrected chi connectivity index (χ3v) is 7.16. The molecule has 2 aromatic heterocycles. The van der Waals surface area contributed by atoms with E-state index >= 15 is 0 Å². The number of aryl methyl sites for hydroxylation is 1. The smallest absolute Gasteiger partial charge is 0.295 e. The maximum Gasteiger partial charge on any atom is 0.295 e. The summed E-state index contributed by atoms with van der Waals surface area (Å²) in [5.41, 5.74) is 5.39. The molecular formula is C30H33N5O2. The molecule has 0 unspecified atom stereocenters. The van der Waals surface area contributed by atoms with Gasteiger partial charge in [-0.05, 0) is 61.1 Å². The van der Waals surface area contributed by atoms with Gasteiger partial charge in [0.25, 0.3) is 5.56 Å². The molecule has 7 heteroatoms. The first-order valence-electron chi connectivity index (χ1n) is 13.0. The van der Waals surface area contributed by atoms with Crippen molar-refractivity contribution in [3.8, 4) is 0 Å². The Labute approximate surface area is 217 Å². The van der Waals surface area contributed by atoms with Gasteiger partial charge in [-0.25, -0.2) is 9.97 Å². The van der Waals surface area contributed by atoms with E-state index in [0.29, 0.717) is 55.4 Å². The summed E-state index contributed by atoms with van der Waals surface area (Å²) in [7, 11) is 0. The highest BCUT2D eigenvalue weighted by Gasteiger charge is 2.28. The van der Waals surface area contributed by atoms with E-state index < -0.39 is 0 Å². The number of rotatable bonds is 6. The lowest BCUT2D eigenvalue weighted by Crippen LogP contribution is -2.42. The molecule has 1 aliphatic heterocycles. The number of pyridine rings is 1. The molecule has 1 fully saturated rings. The quantitative estimate of drug-likeness (QED) is 0.401. The van der Waals surface area contributed by atoms with Gasteiger partial charge in [0.2, 0.25) is 5.91 Å². The summed E-state index contributed by atoms with van der Waals surface area (Å²) >= 11 is 0. The van der Waals surface area contributed by atoms with Gasteiger partial charge < -0.3 is 10.2 Å². The Bertz CT molecular complexity index is 1450. The van der Waals surface area contributed by atoms with Crippen LogP contribution >= 0.6 is 0 Å². The molecule has 3 heterocycles. The molecule has 4 aromatic rings. The summed E-state index contributed by atoms with van der Waals surface area (Å²) in [6.45, 7) is 7.98. The molecule has 5 rings (SSSR count). The Morgan fingerprint density at radius 1 is 1.03 bits per heavy atom. The molecule has 2 aromatic carbocycles. The van der Waals surface area contributed by atoms with E-state index in [0.717, 1.165) is 11.3 Å². The maximum absolute atomic E-state index is 13.6. The van der Waals surface area contributed by atoms with Gasteiger partial charge in [-0.1, -0.05) is 55.8 Å². The van der Waals surface area contributed by atoms with E-state index in [1.54, 1.807) is 10.8 Å². The molecule has 1 aliphatic rings. The zero-order chi connectivity index (χ0) is 25.9. The summed E-state index contributed by atoms with van der Waals surface area (Å²) in [6, 6.07) is 20.0. The average molecular weight is 496 g/mol. The Hall–Kier alpha value is -4.00. The van der Waals surface area contributed by atoms with Crippen molar-refractivity contribution in [2.45, 2.75) is 46.1 Å². The predicted molar refractivity (Wildman–Crippen MR) is 148 cm³/mol. The fourth-order valence-electron chi connectivity index (χ4n) is 4.84. The van der Waals surface area contributed by atoms with Crippen molar-refractivity contribution in [2.24, 2.45) is 5.92 Å². The first-order chi connectivity index (χ1) is 17.9. The monoisotopic (exact) mass is 495 g/mol. The van der Waals surface area contributed by atoms with Crippen molar-refractivity contribution in [1.29, 1.82) is 0 Å². The highest BCUT2D eigenvalue weighted by molar-refractivity contribution is 5.92. The van der Waals surface area contributed by atoms with Crippen molar-refractivity contribution in [3.63, 3.8) is 0 Å². The first kappa shape index (κ1) is 24.7. The van der Waals surface area contributed by atoms with Crippen LogP contribution in [0, 0.1) is 12.8 Å². The minimum absolute atomic E-state index is 0.0319. The van der Waals surface area contributed by atoms with Gasteiger partial charge >= 0.3 is 0 Å². The summed E-state index contributed by atoms with van der Waals surface area (Å²) in [6.07, 6.45) is 3.02. The van der Waals surface area contributed by atoms with Gasteiger partial charge in [0.15, 0.2) is 11.5 Å². The zero-order valence-electron chi connectivity index (χ0n) is 21.6. The largest absolute Gasteiger partial charge is 0.352 e. The second kappa shape index (κ2) is 10.5. The molecule has 1 amide bonds. The standard InChI is InChI=1S/C30H33N5O2/c1-20(2)23-10-12-25(13-11-23)32-29(36)24-14-17-34(18-15-24)28-30(37)35(19-22-8-6-21(3)7-9-22)27-26(33-28)5-4-16-31-27/h4-13,16,20,24H,14-15,17-19H2,1-3H3,(H,32,36). The zero-order valence-corrected chi connectivity index (χ0v) is 21.6. The van der Waals surface area contributed by atoms with Gasteiger partial charge in [0.1, 0.15) is 5.52 Å². The molecule has 0 saturated carbocycles. The molecular weight excluding hydrogens is 462 g/mol. The van der Waals surface area contributed by atoms with E-state index in [1.807, 2.05) is 60.4 Å². The number of carbonyl (C=O) groups is 1. The number of hydrogen-bond acceptors (Lipinski definition) is 5. The SMILES string of the molecule is Cc1ccc(Cn2c(=O)c(N3CCC(C(=O)Nc4ccc(C(C)C)cc4)CC3)nc3cccnc32)cc1. The number of hydrogen-bond donors (Lipinski definition) is 1. The van der Waals surface area contributed by atoms with Crippen LogP contribution in [0.25, 0.3) is 11.2 Å². The van der Waals surface area contributed by atoms with Crippen molar-refractivity contribution < 1.29 is 4.79 Å². The molecule has 0 bridgehead atoms. The lowest BCUT2D eigenvalue weighted by Gasteiger charge is -2.32. The van der Waals surface area contributed by atoms with E-state index in [9.17, 15) is 9.59 Å². The number of nitrogens with zero attached hydrogens (tertiary/aromatic N) is 4. The van der Waals surface area contributed by atoms with E-state index in [4.69, 9.17) is 4.98 Å². The van der Waals surface area contributed by atoms with Gasteiger partial charge in [-0.3, -0.25) is 14.2 Å². The normalized spacial score (nSPS) is 14.3. The van der Waals surface area contributed by atoms with Crippen LogP contribution in [0.4, 0.5) is 11.5 Å². The lowest BCUT2D eigenvalue weighted by molar-refractivity contribution is -0.120. The van der Waals surface area contributed by atoms with E-state index in [-0.39, 0.29) is 17.4 Å². The number of amides is 1. The minimum Gasteiger partial charge on any atom is -0.352 e. The van der Waals surface area contributed by atoms with Crippen LogP contribution in [-0.2, 0) is 11.3 Å². The number of anilines is 2. The van der Waals surface area contributed by atoms with Crippen molar-refractivity contribution in [3.05, 3.63) is 93.9 Å². The molecule has 0 spiro atoms. The summed E-state index contributed by atoms with van der Waals surface area (Å²) in [4.78, 5) is 37.7. The van der Waals surface area contributed by atoms with Crippen LogP contribution in [-0.4, -0.2) is 33.5 Å². The molecule has 1 N–H and O–H groups in total. The van der Waals surface area contributed by atoms with Gasteiger partial charge in [-0.2, -0.15) is 0 Å². The minimum atomic E-state index is -0.153. The Morgan fingerprint density at radius 2 is 1.73 bits per heavy atom. The van der Waals surface area contributed by atoms with Crippen LogP contribution < -0.4 is 15.8 Å². The molecule has 0 aliphatic carbocycles. The number of carbonyl (C=O) groups excluding carboxylic acids is 1. The first-order valence-corrected chi connectivity index (χ1v) is 13.0. The molecule has 7 nitrogen and oxygen atoms in total. The third kappa shape index (κ3) is 5.40. The van der Waals surface area contributed by atoms with Gasteiger partial charge in [-0.15, -0.1) is 0 Å². The Kier molecular flexibility index (Phi) is 7.04. The number of aromatic nitrogens is 3. The summed E-state index contributed by atoms with van der Waals surface area (Å²) in [5.74, 6) is 0.813. The molecule has 190 valence electrons. The molecule has 0 atom stereocenters. The fraction of sp³-hybridized carbons (Fsp3) is 0.333. The number of fused-ring (bicyclic) bond motifs is 1. The third-order valence-electron chi connectivity index (χ3n) is 7.16. The molecule has 1 saturated heterocycles. The van der Waals surface area contributed by atoms with Crippen molar-refractivity contribution in [1.82, 2.24) is 14.5 Å². The van der Waals surface area contributed by atoms with Crippen LogP contribution in [0.5, 0.6) is 0 Å². The van der Waals surface area contributed by atoms with Crippen LogP contribution in [0.1, 0.15) is 49.3 Å². The van der Waals surface area contributed by atoms with Crippen molar-refractivity contribution >= 4 is 28.6 Å². The van der Waals surface area contributed by atoms with Crippen LogP contribution in [0.15, 0.2) is 71.7 Å². The van der Waals surface area contributed by atoms with Gasteiger partial charge in [0, 0.05) is 30.9 Å². The van der Waals surface area contributed by atoms with E-state index in [2.05, 4.69) is 36.3 Å². The number of piperidine rings is 1. The summed E-state index contributed by atoms with van der Waals surface area (Å²) in [5, 5.41) is 3.06. The summed E-state index contributed by atoms with van der Waals surface area (Å²) < 4.78 is 1.71. The van der Waals surface area contributed by atoms with Crippen LogP contribution in [0.2, 0.25) is 0 Å². The second-order valence-corrected chi connectivity index (χ2v) is 10.2. The average Bonchev–Trinajstić information content (AvgIpc) is 2.91. The molecule has 0 radical (unpaired) electrons. The number of benzene rings is 2. The van der Waals surface area contributed by atoms with Gasteiger partial charge in [0.05, 0.1) is 6.54 Å². The number of nitrogens with one attached hydrogen (secondary N) is 1. The fourth-order valence-corrected chi connectivity index (χ4v) is 4.84. The predicted octanol–water partition coefficient (Wildman–Crippen LogP) is 5.13. The second-order valence-electron chi connectivity index (χ2n) is 10.2. The Morgan fingerprint density at radius 3 is 2.41 bits per heavy atom. The Balaban J connectivity index is 1.32. The molecule has 37 heavy (non-hydrogen) atoms. The topological polar surface area (TPSA) is 80.1 Å². The maximum atomic E-state index is 13.6. The highest BCUT2D eigenvalue weighted by Crippen LogP contribution is 2.24. The van der Waals surface area contributed by atoms with Crippen LogP contribution in [0.3, 0.4) is 0 Å². The van der Waals surface area contributed by atoms with Crippen molar-refractivity contribution in [2.75, 3.05) is 23.3 Å².